The molecule has 1 rings (SSSR count). The van der Waals surface area contributed by atoms with Crippen molar-refractivity contribution in [1.82, 2.24) is 5.32 Å². The number of rotatable bonds is 4. The highest BCUT2D eigenvalue weighted by Crippen LogP contribution is 2.26. The highest BCUT2D eigenvalue weighted by molar-refractivity contribution is 6.35. The third-order valence-electron chi connectivity index (χ3n) is 1.96. The van der Waals surface area contributed by atoms with Gasteiger partial charge >= 0.3 is 0 Å². The Morgan fingerprint density at radius 1 is 1.50 bits per heavy atom. The van der Waals surface area contributed by atoms with Crippen molar-refractivity contribution in [1.29, 1.82) is 0 Å². The van der Waals surface area contributed by atoms with Gasteiger partial charge in [-0.3, -0.25) is 0 Å². The van der Waals surface area contributed by atoms with E-state index in [0.717, 1.165) is 12.1 Å². The topological polar surface area (TPSA) is 12.0 Å². The monoisotopic (exact) mass is 229 g/mol. The molecule has 0 aliphatic rings. The first-order valence-electron chi connectivity index (χ1n) is 4.50. The zero-order valence-electron chi connectivity index (χ0n) is 8.06. The second-order valence-electron chi connectivity index (χ2n) is 2.94. The molecule has 0 aliphatic carbocycles. The van der Waals surface area contributed by atoms with Gasteiger partial charge in [-0.1, -0.05) is 42.3 Å². The number of nitrogens with one attached hydrogen (secondary N) is 1. The fourth-order valence-electron chi connectivity index (χ4n) is 1.29. The fraction of sp³-hybridized carbons (Fsp3) is 0.273. The summed E-state index contributed by atoms with van der Waals surface area (Å²) in [5, 5.41) is 4.58. The molecule has 0 heterocycles. The van der Waals surface area contributed by atoms with Crippen LogP contribution < -0.4 is 5.32 Å². The lowest BCUT2D eigenvalue weighted by molar-refractivity contribution is 0.649. The maximum absolute atomic E-state index is 6.07. The summed E-state index contributed by atoms with van der Waals surface area (Å²) in [6, 6.07) is 5.58. The summed E-state index contributed by atoms with van der Waals surface area (Å²) < 4.78 is 0. The molecule has 1 nitrogen and oxygen atoms in total. The molecule has 1 N–H and O–H groups in total. The quantitative estimate of drug-likeness (QED) is 0.775. The van der Waals surface area contributed by atoms with Crippen LogP contribution >= 0.6 is 23.2 Å². The second kappa shape index (κ2) is 5.40. The first kappa shape index (κ1) is 11.6. The van der Waals surface area contributed by atoms with Crippen LogP contribution in [0.25, 0.3) is 0 Å². The van der Waals surface area contributed by atoms with Crippen LogP contribution in [0.15, 0.2) is 30.9 Å². The molecule has 1 unspecified atom stereocenters. The third kappa shape index (κ3) is 2.74. The molecule has 0 fully saturated rings. The predicted molar refractivity (Wildman–Crippen MR) is 63.1 cm³/mol. The number of hydrogen-bond acceptors (Lipinski definition) is 1. The first-order valence-corrected chi connectivity index (χ1v) is 5.25. The Bertz CT molecular complexity index is 323. The van der Waals surface area contributed by atoms with E-state index in [0.29, 0.717) is 10.0 Å². The molecule has 1 aromatic carbocycles. The summed E-state index contributed by atoms with van der Waals surface area (Å²) in [5.74, 6) is 0. The Morgan fingerprint density at radius 2 is 2.21 bits per heavy atom. The van der Waals surface area contributed by atoms with Crippen LogP contribution in [0.3, 0.4) is 0 Å². The molecule has 0 spiro atoms. The molecule has 14 heavy (non-hydrogen) atoms. The van der Waals surface area contributed by atoms with Crippen LogP contribution in [-0.2, 0) is 0 Å². The number of likely N-dealkylation sites (N-methyl/N-ethyl adjacent to an activating group) is 1. The number of halogens is 2. The molecule has 0 bridgehead atoms. The lowest BCUT2D eigenvalue weighted by atomic mass is 10.1. The maximum Gasteiger partial charge on any atom is 0.0518 e. The van der Waals surface area contributed by atoms with E-state index in [2.05, 4.69) is 11.9 Å². The highest BCUT2D eigenvalue weighted by Gasteiger charge is 2.09. The van der Waals surface area contributed by atoms with Gasteiger partial charge in [0, 0.05) is 10.0 Å². The molecule has 0 aliphatic heterocycles. The minimum atomic E-state index is 0.0877. The van der Waals surface area contributed by atoms with Crippen molar-refractivity contribution in [3.05, 3.63) is 46.5 Å². The summed E-state index contributed by atoms with van der Waals surface area (Å²) in [6.45, 7) is 6.68. The molecule has 1 aromatic rings. The van der Waals surface area contributed by atoms with Gasteiger partial charge in [-0.2, -0.15) is 0 Å². The Morgan fingerprint density at radius 3 is 2.71 bits per heavy atom. The summed E-state index contributed by atoms with van der Waals surface area (Å²) >= 11 is 11.9. The van der Waals surface area contributed by atoms with E-state index >= 15 is 0 Å². The van der Waals surface area contributed by atoms with E-state index < -0.39 is 0 Å². The summed E-state index contributed by atoms with van der Waals surface area (Å²) in [4.78, 5) is 0. The van der Waals surface area contributed by atoms with Crippen LogP contribution in [-0.4, -0.2) is 6.54 Å². The van der Waals surface area contributed by atoms with Gasteiger partial charge in [-0.05, 0) is 24.2 Å². The minimum Gasteiger partial charge on any atom is -0.307 e. The summed E-state index contributed by atoms with van der Waals surface area (Å²) in [5.41, 5.74) is 1.01. The largest absolute Gasteiger partial charge is 0.307 e. The lowest BCUT2D eigenvalue weighted by Gasteiger charge is -2.15. The van der Waals surface area contributed by atoms with Crippen molar-refractivity contribution < 1.29 is 0 Å². The molecule has 0 saturated carbocycles. The van der Waals surface area contributed by atoms with Gasteiger partial charge in [-0.15, -0.1) is 6.58 Å². The van der Waals surface area contributed by atoms with Crippen molar-refractivity contribution in [2.24, 2.45) is 0 Å². The van der Waals surface area contributed by atoms with Crippen molar-refractivity contribution >= 4 is 23.2 Å². The molecule has 0 aromatic heterocycles. The molecule has 0 radical (unpaired) electrons. The predicted octanol–water partition coefficient (Wildman–Crippen LogP) is 3.83. The smallest absolute Gasteiger partial charge is 0.0518 e. The third-order valence-corrected chi connectivity index (χ3v) is 2.52. The van der Waals surface area contributed by atoms with Crippen molar-refractivity contribution in [3.8, 4) is 0 Å². The van der Waals surface area contributed by atoms with Gasteiger partial charge in [0.15, 0.2) is 0 Å². The van der Waals surface area contributed by atoms with E-state index in [-0.39, 0.29) is 6.04 Å². The van der Waals surface area contributed by atoms with E-state index in [1.165, 1.54) is 0 Å². The molecule has 0 saturated heterocycles. The van der Waals surface area contributed by atoms with Crippen molar-refractivity contribution in [2.45, 2.75) is 13.0 Å². The molecule has 1 atom stereocenters. The Labute approximate surface area is 94.7 Å². The Kier molecular flexibility index (Phi) is 4.46. The van der Waals surface area contributed by atoms with Gasteiger partial charge in [0.1, 0.15) is 0 Å². The lowest BCUT2D eigenvalue weighted by Crippen LogP contribution is -2.18. The number of hydrogen-bond donors (Lipinski definition) is 1. The zero-order chi connectivity index (χ0) is 10.6. The summed E-state index contributed by atoms with van der Waals surface area (Å²) in [6.07, 6.45) is 1.83. The van der Waals surface area contributed by atoms with E-state index in [1.807, 2.05) is 25.1 Å². The maximum atomic E-state index is 6.07. The van der Waals surface area contributed by atoms with Crippen LogP contribution in [0.5, 0.6) is 0 Å². The zero-order valence-corrected chi connectivity index (χ0v) is 9.57. The normalized spacial score (nSPS) is 12.5. The molecule has 0 amide bonds. The first-order chi connectivity index (χ1) is 6.69. The minimum absolute atomic E-state index is 0.0877. The van der Waals surface area contributed by atoms with Crippen LogP contribution in [0.2, 0.25) is 10.0 Å². The number of benzene rings is 1. The van der Waals surface area contributed by atoms with Crippen LogP contribution in [0.4, 0.5) is 0 Å². The molecular weight excluding hydrogens is 217 g/mol. The highest BCUT2D eigenvalue weighted by atomic mass is 35.5. The van der Waals surface area contributed by atoms with Gasteiger partial charge in [-0.25, -0.2) is 0 Å². The molecular formula is C11H13Cl2N. The second-order valence-corrected chi connectivity index (χ2v) is 3.78. The van der Waals surface area contributed by atoms with E-state index in [1.54, 1.807) is 6.07 Å². The average Bonchev–Trinajstić information content (AvgIpc) is 2.15. The fourth-order valence-corrected chi connectivity index (χ4v) is 1.82. The van der Waals surface area contributed by atoms with E-state index in [9.17, 15) is 0 Å². The molecule has 76 valence electrons. The van der Waals surface area contributed by atoms with Crippen LogP contribution in [0, 0.1) is 0 Å². The van der Waals surface area contributed by atoms with Crippen molar-refractivity contribution in [3.63, 3.8) is 0 Å². The van der Waals surface area contributed by atoms with E-state index in [4.69, 9.17) is 23.2 Å². The summed E-state index contributed by atoms with van der Waals surface area (Å²) in [7, 11) is 0. The van der Waals surface area contributed by atoms with Gasteiger partial charge < -0.3 is 5.32 Å². The van der Waals surface area contributed by atoms with Crippen LogP contribution in [0.1, 0.15) is 18.5 Å². The SMILES string of the molecule is C=CC(NCC)c1ccc(Cl)cc1Cl. The van der Waals surface area contributed by atoms with Gasteiger partial charge in [0.2, 0.25) is 0 Å². The molecule has 3 heteroatoms. The van der Waals surface area contributed by atoms with Gasteiger partial charge in [0.25, 0.3) is 0 Å². The average molecular weight is 230 g/mol. The standard InChI is InChI=1S/C11H13Cl2N/c1-3-11(14-4-2)9-6-5-8(12)7-10(9)13/h3,5-7,11,14H,1,4H2,2H3. The van der Waals surface area contributed by atoms with Crippen molar-refractivity contribution in [2.75, 3.05) is 6.54 Å². The van der Waals surface area contributed by atoms with Gasteiger partial charge in [0.05, 0.1) is 6.04 Å². The Balaban J connectivity index is 2.98. The Hall–Kier alpha value is -0.500.